The van der Waals surface area contributed by atoms with Crippen LogP contribution in [0, 0.1) is 11.3 Å². The Bertz CT molecular complexity index is 387. The van der Waals surface area contributed by atoms with E-state index in [1.54, 1.807) is 0 Å². The number of carbonyl (C=O) groups is 2. The van der Waals surface area contributed by atoms with Crippen molar-refractivity contribution in [3.05, 3.63) is 0 Å². The molecule has 2 atom stereocenters. The molecule has 0 radical (unpaired) electrons. The van der Waals surface area contributed by atoms with Crippen LogP contribution in [0.25, 0.3) is 0 Å². The summed E-state index contributed by atoms with van der Waals surface area (Å²) >= 11 is 0. The van der Waals surface area contributed by atoms with Gasteiger partial charge in [0.2, 0.25) is 11.8 Å². The zero-order valence-corrected chi connectivity index (χ0v) is 15.8. The first-order chi connectivity index (χ1) is 10.8. The molecule has 1 heterocycles. The van der Waals surface area contributed by atoms with Gasteiger partial charge in [0.05, 0.1) is 5.92 Å². The van der Waals surface area contributed by atoms with E-state index in [1.807, 2.05) is 25.7 Å². The van der Waals surface area contributed by atoms with Crippen molar-refractivity contribution >= 4 is 11.8 Å². The Morgan fingerprint density at radius 3 is 2.52 bits per heavy atom. The molecule has 0 aromatic heterocycles. The van der Waals surface area contributed by atoms with Crippen LogP contribution in [0.15, 0.2) is 0 Å². The summed E-state index contributed by atoms with van der Waals surface area (Å²) in [6.07, 6.45) is 7.78. The van der Waals surface area contributed by atoms with Gasteiger partial charge in [-0.3, -0.25) is 9.59 Å². The molecule has 0 aromatic rings. The van der Waals surface area contributed by atoms with Gasteiger partial charge in [-0.1, -0.05) is 53.4 Å². The van der Waals surface area contributed by atoms with E-state index >= 15 is 0 Å². The van der Waals surface area contributed by atoms with Gasteiger partial charge in [-0.2, -0.15) is 0 Å². The molecule has 2 unspecified atom stereocenters. The maximum atomic E-state index is 12.5. The van der Waals surface area contributed by atoms with Crippen LogP contribution in [-0.2, 0) is 9.59 Å². The molecule has 1 fully saturated rings. The van der Waals surface area contributed by atoms with Crippen LogP contribution in [0.1, 0.15) is 79.6 Å². The summed E-state index contributed by atoms with van der Waals surface area (Å²) in [5.74, 6) is 0.232. The monoisotopic (exact) mass is 324 g/mol. The van der Waals surface area contributed by atoms with E-state index in [1.165, 1.54) is 25.7 Å². The van der Waals surface area contributed by atoms with Crippen LogP contribution in [0.5, 0.6) is 0 Å². The number of hydrogen-bond donors (Lipinski definition) is 1. The number of rotatable bonds is 7. The molecular formula is C19H36N2O2. The summed E-state index contributed by atoms with van der Waals surface area (Å²) in [7, 11) is 0. The highest BCUT2D eigenvalue weighted by Crippen LogP contribution is 2.23. The summed E-state index contributed by atoms with van der Waals surface area (Å²) in [6, 6.07) is 0.230. The molecule has 2 amide bonds. The lowest BCUT2D eigenvalue weighted by Crippen LogP contribution is -2.49. The van der Waals surface area contributed by atoms with Gasteiger partial charge in [-0.05, 0) is 26.2 Å². The third kappa shape index (κ3) is 6.92. The standard InChI is InChI=1S/C19H36N2O2/c1-6-7-8-9-11-15(2)20-17(22)16-12-10-13-21(14-16)18(23)19(3,4)5/h15-16H,6-14H2,1-5H3,(H,20,22). The molecule has 0 aromatic carbocycles. The number of amides is 2. The second kappa shape index (κ2) is 9.29. The van der Waals surface area contributed by atoms with Gasteiger partial charge in [0.1, 0.15) is 0 Å². The van der Waals surface area contributed by atoms with Crippen molar-refractivity contribution in [2.45, 2.75) is 85.6 Å². The lowest BCUT2D eigenvalue weighted by molar-refractivity contribution is -0.142. The fraction of sp³-hybridized carbons (Fsp3) is 0.895. The van der Waals surface area contributed by atoms with E-state index in [2.05, 4.69) is 19.2 Å². The molecule has 1 aliphatic heterocycles. The van der Waals surface area contributed by atoms with Crippen molar-refractivity contribution in [3.63, 3.8) is 0 Å². The zero-order chi connectivity index (χ0) is 17.5. The highest BCUT2D eigenvalue weighted by Gasteiger charge is 2.33. The van der Waals surface area contributed by atoms with Crippen molar-refractivity contribution < 1.29 is 9.59 Å². The summed E-state index contributed by atoms with van der Waals surface area (Å²) in [5, 5.41) is 3.15. The molecule has 1 N–H and O–H groups in total. The molecule has 1 rings (SSSR count). The average Bonchev–Trinajstić information content (AvgIpc) is 2.50. The highest BCUT2D eigenvalue weighted by molar-refractivity contribution is 5.84. The minimum absolute atomic E-state index is 0.0480. The third-order valence-corrected chi connectivity index (χ3v) is 4.60. The molecule has 0 bridgehead atoms. The van der Waals surface area contributed by atoms with Crippen molar-refractivity contribution in [1.29, 1.82) is 0 Å². The SMILES string of the molecule is CCCCCCC(C)NC(=O)C1CCCN(C(=O)C(C)(C)C)C1. The van der Waals surface area contributed by atoms with Gasteiger partial charge in [0.25, 0.3) is 0 Å². The molecule has 4 nitrogen and oxygen atoms in total. The van der Waals surface area contributed by atoms with Crippen molar-refractivity contribution in [2.75, 3.05) is 13.1 Å². The Kier molecular flexibility index (Phi) is 8.07. The lowest BCUT2D eigenvalue weighted by Gasteiger charge is -2.36. The van der Waals surface area contributed by atoms with E-state index in [4.69, 9.17) is 0 Å². The van der Waals surface area contributed by atoms with Gasteiger partial charge in [0.15, 0.2) is 0 Å². The quantitative estimate of drug-likeness (QED) is 0.725. The molecule has 134 valence electrons. The topological polar surface area (TPSA) is 49.4 Å². The van der Waals surface area contributed by atoms with Crippen LogP contribution in [0.4, 0.5) is 0 Å². The molecule has 0 spiro atoms. The Labute approximate surface area is 142 Å². The maximum absolute atomic E-state index is 12.5. The Hall–Kier alpha value is -1.06. The van der Waals surface area contributed by atoms with E-state index in [9.17, 15) is 9.59 Å². The van der Waals surface area contributed by atoms with E-state index < -0.39 is 0 Å². The maximum Gasteiger partial charge on any atom is 0.227 e. The van der Waals surface area contributed by atoms with Gasteiger partial charge in [0, 0.05) is 24.5 Å². The van der Waals surface area contributed by atoms with E-state index in [-0.39, 0.29) is 29.2 Å². The second-order valence-corrected chi connectivity index (χ2v) is 8.10. The van der Waals surface area contributed by atoms with Gasteiger partial charge >= 0.3 is 0 Å². The highest BCUT2D eigenvalue weighted by atomic mass is 16.2. The number of nitrogens with zero attached hydrogens (tertiary/aromatic N) is 1. The third-order valence-electron chi connectivity index (χ3n) is 4.60. The van der Waals surface area contributed by atoms with Gasteiger partial charge in [-0.15, -0.1) is 0 Å². The average molecular weight is 325 g/mol. The first-order valence-electron chi connectivity index (χ1n) is 9.35. The largest absolute Gasteiger partial charge is 0.353 e. The molecule has 0 saturated carbocycles. The summed E-state index contributed by atoms with van der Waals surface area (Å²) < 4.78 is 0. The minimum atomic E-state index is -0.370. The van der Waals surface area contributed by atoms with Crippen molar-refractivity contribution in [3.8, 4) is 0 Å². The predicted molar refractivity (Wildman–Crippen MR) is 95.1 cm³/mol. The number of piperidine rings is 1. The zero-order valence-electron chi connectivity index (χ0n) is 15.8. The van der Waals surface area contributed by atoms with Crippen LogP contribution in [0.2, 0.25) is 0 Å². The Balaban J connectivity index is 2.42. The Morgan fingerprint density at radius 1 is 1.22 bits per heavy atom. The molecule has 4 heteroatoms. The molecule has 0 aliphatic carbocycles. The fourth-order valence-corrected chi connectivity index (χ4v) is 3.16. The number of hydrogen-bond acceptors (Lipinski definition) is 2. The lowest BCUT2D eigenvalue weighted by atomic mass is 9.90. The number of unbranched alkanes of at least 4 members (excludes halogenated alkanes) is 3. The van der Waals surface area contributed by atoms with Gasteiger partial charge < -0.3 is 10.2 Å². The molecular weight excluding hydrogens is 288 g/mol. The molecule has 1 saturated heterocycles. The second-order valence-electron chi connectivity index (χ2n) is 8.10. The number of carbonyl (C=O) groups excluding carboxylic acids is 2. The van der Waals surface area contributed by atoms with Crippen LogP contribution in [-0.4, -0.2) is 35.8 Å². The number of nitrogens with one attached hydrogen (secondary N) is 1. The number of likely N-dealkylation sites (tertiary alicyclic amines) is 1. The van der Waals surface area contributed by atoms with Crippen molar-refractivity contribution in [2.24, 2.45) is 11.3 Å². The summed E-state index contributed by atoms with van der Waals surface area (Å²) in [4.78, 5) is 26.7. The minimum Gasteiger partial charge on any atom is -0.353 e. The van der Waals surface area contributed by atoms with Crippen molar-refractivity contribution in [1.82, 2.24) is 10.2 Å². The first kappa shape index (κ1) is 20.0. The van der Waals surface area contributed by atoms with Gasteiger partial charge in [-0.25, -0.2) is 0 Å². The van der Waals surface area contributed by atoms with E-state index in [0.717, 1.165) is 25.8 Å². The predicted octanol–water partition coefficient (Wildman–Crippen LogP) is 3.75. The fourth-order valence-electron chi connectivity index (χ4n) is 3.16. The normalized spacial score (nSPS) is 20.2. The summed E-state index contributed by atoms with van der Waals surface area (Å²) in [5.41, 5.74) is -0.370. The first-order valence-corrected chi connectivity index (χ1v) is 9.35. The Morgan fingerprint density at radius 2 is 1.91 bits per heavy atom. The smallest absolute Gasteiger partial charge is 0.227 e. The van der Waals surface area contributed by atoms with E-state index in [0.29, 0.717) is 6.54 Å². The van der Waals surface area contributed by atoms with Crippen LogP contribution in [0.3, 0.4) is 0 Å². The van der Waals surface area contributed by atoms with Crippen LogP contribution < -0.4 is 5.32 Å². The summed E-state index contributed by atoms with van der Waals surface area (Å²) in [6.45, 7) is 11.5. The molecule has 23 heavy (non-hydrogen) atoms. The van der Waals surface area contributed by atoms with Crippen LogP contribution >= 0.6 is 0 Å². The molecule has 1 aliphatic rings.